The van der Waals surface area contributed by atoms with Crippen LogP contribution in [0, 0.1) is 6.57 Å². The van der Waals surface area contributed by atoms with Crippen LogP contribution in [0.5, 0.6) is 11.5 Å². The number of unbranched alkanes of at least 4 members (excludes halogenated alkanes) is 2. The van der Waals surface area contributed by atoms with Gasteiger partial charge in [0.1, 0.15) is 11.5 Å². The van der Waals surface area contributed by atoms with Crippen LogP contribution >= 0.6 is 0 Å². The summed E-state index contributed by atoms with van der Waals surface area (Å²) in [6.07, 6.45) is 3.34. The standard InChI is InChI=1S/C19H19NO3/c1-3-4-5-14-22-17-10-6-15(7-11-17)19(21)23-18-12-8-16(20-2)9-13-18/h6-13H,3-5,14H2,1H3. The normalized spacial score (nSPS) is 9.91. The van der Waals surface area contributed by atoms with Gasteiger partial charge in [0.25, 0.3) is 0 Å². The summed E-state index contributed by atoms with van der Waals surface area (Å²) in [5, 5.41) is 0. The van der Waals surface area contributed by atoms with Crippen molar-refractivity contribution in [3.63, 3.8) is 0 Å². The third-order valence-electron chi connectivity index (χ3n) is 3.28. The smallest absolute Gasteiger partial charge is 0.343 e. The largest absolute Gasteiger partial charge is 0.494 e. The van der Waals surface area contributed by atoms with Crippen LogP contribution in [-0.4, -0.2) is 12.6 Å². The first-order valence-corrected chi connectivity index (χ1v) is 7.65. The van der Waals surface area contributed by atoms with Crippen LogP contribution in [-0.2, 0) is 0 Å². The Labute approximate surface area is 136 Å². The minimum atomic E-state index is -0.432. The maximum atomic E-state index is 12.1. The highest BCUT2D eigenvalue weighted by Crippen LogP contribution is 2.20. The van der Waals surface area contributed by atoms with Gasteiger partial charge in [-0.3, -0.25) is 0 Å². The first-order chi connectivity index (χ1) is 11.2. The zero-order valence-electron chi connectivity index (χ0n) is 13.1. The van der Waals surface area contributed by atoms with Crippen LogP contribution in [0.2, 0.25) is 0 Å². The maximum absolute atomic E-state index is 12.1. The van der Waals surface area contributed by atoms with Gasteiger partial charge in [-0.25, -0.2) is 9.64 Å². The molecule has 0 fully saturated rings. The minimum absolute atomic E-state index is 0.419. The molecule has 0 radical (unpaired) electrons. The van der Waals surface area contributed by atoms with Crippen molar-refractivity contribution in [1.29, 1.82) is 0 Å². The van der Waals surface area contributed by atoms with Gasteiger partial charge in [-0.05, 0) is 42.8 Å². The summed E-state index contributed by atoms with van der Waals surface area (Å²) < 4.78 is 10.9. The molecule has 23 heavy (non-hydrogen) atoms. The van der Waals surface area contributed by atoms with E-state index in [9.17, 15) is 4.79 Å². The molecular weight excluding hydrogens is 290 g/mol. The molecular formula is C19H19NO3. The predicted molar refractivity (Wildman–Crippen MR) is 89.1 cm³/mol. The first-order valence-electron chi connectivity index (χ1n) is 7.65. The van der Waals surface area contributed by atoms with Crippen molar-refractivity contribution in [3.8, 4) is 11.5 Å². The van der Waals surface area contributed by atoms with Gasteiger partial charge in [0.2, 0.25) is 0 Å². The van der Waals surface area contributed by atoms with E-state index in [2.05, 4.69) is 11.8 Å². The summed E-state index contributed by atoms with van der Waals surface area (Å²) in [6, 6.07) is 13.4. The topological polar surface area (TPSA) is 39.9 Å². The summed E-state index contributed by atoms with van der Waals surface area (Å²) in [7, 11) is 0. The summed E-state index contributed by atoms with van der Waals surface area (Å²) in [5.74, 6) is 0.736. The van der Waals surface area contributed by atoms with Crippen LogP contribution in [0.1, 0.15) is 36.5 Å². The number of rotatable bonds is 7. The third kappa shape index (κ3) is 5.15. The van der Waals surface area contributed by atoms with E-state index in [0.717, 1.165) is 25.0 Å². The number of benzene rings is 2. The van der Waals surface area contributed by atoms with E-state index >= 15 is 0 Å². The van der Waals surface area contributed by atoms with Crippen molar-refractivity contribution < 1.29 is 14.3 Å². The summed E-state index contributed by atoms with van der Waals surface area (Å²) in [6.45, 7) is 9.72. The van der Waals surface area contributed by atoms with Crippen molar-refractivity contribution in [2.45, 2.75) is 26.2 Å². The highest BCUT2D eigenvalue weighted by atomic mass is 16.5. The van der Waals surface area contributed by atoms with E-state index < -0.39 is 5.97 Å². The third-order valence-corrected chi connectivity index (χ3v) is 3.28. The zero-order chi connectivity index (χ0) is 16.5. The Morgan fingerprint density at radius 1 is 1.00 bits per heavy atom. The van der Waals surface area contributed by atoms with Gasteiger partial charge >= 0.3 is 5.97 Å². The quantitative estimate of drug-likeness (QED) is 0.312. The monoisotopic (exact) mass is 309 g/mol. The van der Waals surface area contributed by atoms with Gasteiger partial charge in [-0.2, -0.15) is 0 Å². The number of esters is 1. The molecule has 0 spiro atoms. The molecule has 118 valence electrons. The number of carbonyl (C=O) groups is 1. The fourth-order valence-corrected chi connectivity index (χ4v) is 1.98. The highest BCUT2D eigenvalue weighted by molar-refractivity contribution is 5.91. The number of hydrogen-bond acceptors (Lipinski definition) is 3. The zero-order valence-corrected chi connectivity index (χ0v) is 13.1. The van der Waals surface area contributed by atoms with E-state index in [1.807, 2.05) is 0 Å². The Morgan fingerprint density at radius 3 is 2.26 bits per heavy atom. The van der Waals surface area contributed by atoms with Gasteiger partial charge in [-0.1, -0.05) is 31.9 Å². The first kappa shape index (κ1) is 16.6. The lowest BCUT2D eigenvalue weighted by atomic mass is 10.2. The van der Waals surface area contributed by atoms with Gasteiger partial charge in [0.05, 0.1) is 18.7 Å². The lowest BCUT2D eigenvalue weighted by Gasteiger charge is -2.07. The van der Waals surface area contributed by atoms with Crippen molar-refractivity contribution in [2.24, 2.45) is 0 Å². The molecule has 4 nitrogen and oxygen atoms in total. The van der Waals surface area contributed by atoms with Gasteiger partial charge in [0, 0.05) is 0 Å². The number of hydrogen-bond donors (Lipinski definition) is 0. The molecule has 0 aliphatic carbocycles. The Hall–Kier alpha value is -2.80. The predicted octanol–water partition coefficient (Wildman–Crippen LogP) is 5.03. The second kappa shape index (κ2) is 8.60. The summed E-state index contributed by atoms with van der Waals surface area (Å²) in [4.78, 5) is 15.3. The van der Waals surface area contributed by atoms with Gasteiger partial charge < -0.3 is 9.47 Å². The Kier molecular flexibility index (Phi) is 6.19. The van der Waals surface area contributed by atoms with Crippen molar-refractivity contribution in [1.82, 2.24) is 0 Å². The van der Waals surface area contributed by atoms with E-state index in [-0.39, 0.29) is 0 Å². The molecule has 0 unspecified atom stereocenters. The Balaban J connectivity index is 1.90. The minimum Gasteiger partial charge on any atom is -0.494 e. The molecule has 0 aromatic heterocycles. The molecule has 4 heteroatoms. The van der Waals surface area contributed by atoms with Crippen molar-refractivity contribution >= 4 is 11.7 Å². The van der Waals surface area contributed by atoms with Gasteiger partial charge in [-0.15, -0.1) is 0 Å². The number of carbonyl (C=O) groups excluding carboxylic acids is 1. The molecule has 0 amide bonds. The molecule has 0 saturated heterocycles. The second-order valence-electron chi connectivity index (χ2n) is 5.08. The van der Waals surface area contributed by atoms with E-state index in [0.29, 0.717) is 23.6 Å². The molecule has 0 aliphatic heterocycles. The molecule has 0 N–H and O–H groups in total. The molecule has 2 aromatic rings. The Bertz CT molecular complexity index is 669. The average Bonchev–Trinajstić information content (AvgIpc) is 2.60. The lowest BCUT2D eigenvalue weighted by molar-refractivity contribution is 0.0735. The van der Waals surface area contributed by atoms with Crippen molar-refractivity contribution in [3.05, 3.63) is 65.5 Å². The van der Waals surface area contributed by atoms with E-state index in [1.165, 1.54) is 0 Å². The average molecular weight is 309 g/mol. The molecule has 0 bridgehead atoms. The van der Waals surface area contributed by atoms with Crippen LogP contribution in [0.4, 0.5) is 5.69 Å². The molecule has 2 aromatic carbocycles. The van der Waals surface area contributed by atoms with Gasteiger partial charge in [0.15, 0.2) is 5.69 Å². The molecule has 2 rings (SSSR count). The maximum Gasteiger partial charge on any atom is 0.343 e. The lowest BCUT2D eigenvalue weighted by Crippen LogP contribution is -2.08. The van der Waals surface area contributed by atoms with Crippen LogP contribution in [0.3, 0.4) is 0 Å². The highest BCUT2D eigenvalue weighted by Gasteiger charge is 2.08. The fourth-order valence-electron chi connectivity index (χ4n) is 1.98. The fraction of sp³-hybridized carbons (Fsp3) is 0.263. The van der Waals surface area contributed by atoms with Crippen LogP contribution in [0.25, 0.3) is 4.85 Å². The van der Waals surface area contributed by atoms with Crippen LogP contribution in [0.15, 0.2) is 48.5 Å². The Morgan fingerprint density at radius 2 is 1.65 bits per heavy atom. The van der Waals surface area contributed by atoms with Crippen molar-refractivity contribution in [2.75, 3.05) is 6.61 Å². The summed E-state index contributed by atoms with van der Waals surface area (Å²) >= 11 is 0. The molecule has 0 saturated carbocycles. The van der Waals surface area contributed by atoms with Crippen LogP contribution < -0.4 is 9.47 Å². The van der Waals surface area contributed by atoms with E-state index in [4.69, 9.17) is 16.0 Å². The summed E-state index contributed by atoms with van der Waals surface area (Å²) in [5.41, 5.74) is 0.967. The SMILES string of the molecule is [C-]#[N+]c1ccc(OC(=O)c2ccc(OCCCCC)cc2)cc1. The number of ether oxygens (including phenoxy) is 2. The molecule has 0 aliphatic rings. The number of nitrogens with zero attached hydrogens (tertiary/aromatic N) is 1. The molecule has 0 heterocycles. The van der Waals surface area contributed by atoms with E-state index in [1.54, 1.807) is 48.5 Å². The molecule has 0 atom stereocenters. The second-order valence-corrected chi connectivity index (χ2v) is 5.08.